The molecule has 5 heterocycles. The van der Waals surface area contributed by atoms with Crippen molar-refractivity contribution in [3.63, 3.8) is 0 Å². The molecule has 0 fully saturated rings. The van der Waals surface area contributed by atoms with Crippen molar-refractivity contribution in [3.05, 3.63) is 65.2 Å². The van der Waals surface area contributed by atoms with Crippen LogP contribution in [0.1, 0.15) is 22.8 Å². The summed E-state index contributed by atoms with van der Waals surface area (Å²) in [6.07, 6.45) is 7.93. The van der Waals surface area contributed by atoms with E-state index in [-0.39, 0.29) is 0 Å². The summed E-state index contributed by atoms with van der Waals surface area (Å²) in [7, 11) is 0. The molecule has 4 nitrogen and oxygen atoms in total. The summed E-state index contributed by atoms with van der Waals surface area (Å²) in [6.45, 7) is 0. The summed E-state index contributed by atoms with van der Waals surface area (Å²) in [5.41, 5.74) is 7.33. The van der Waals surface area contributed by atoms with E-state index >= 15 is 0 Å². The van der Waals surface area contributed by atoms with E-state index < -0.39 is 0 Å². The first-order valence-electron chi connectivity index (χ1n) is 7.92. The van der Waals surface area contributed by atoms with Crippen molar-refractivity contribution in [2.45, 2.75) is 0 Å². The number of hydrogen-bond donors (Lipinski definition) is 2. The van der Waals surface area contributed by atoms with Gasteiger partial charge in [-0.3, -0.25) is 0 Å². The van der Waals surface area contributed by atoms with Gasteiger partial charge in [0.25, 0.3) is 0 Å². The van der Waals surface area contributed by atoms with E-state index in [4.69, 9.17) is 16.0 Å². The molecule has 2 aliphatic heterocycles. The van der Waals surface area contributed by atoms with E-state index in [0.29, 0.717) is 4.46 Å². The number of nitrogens with one attached hydrogen (secondary N) is 2. The zero-order chi connectivity index (χ0) is 16.8. The second kappa shape index (κ2) is 5.59. The molecule has 0 spiro atoms. The van der Waals surface area contributed by atoms with E-state index in [1.54, 1.807) is 0 Å². The molecular weight excluding hydrogens is 360 g/mol. The molecule has 0 atom stereocenters. The fourth-order valence-electron chi connectivity index (χ4n) is 2.95. The summed E-state index contributed by atoms with van der Waals surface area (Å²) in [5, 5.41) is 0. The quantitative estimate of drug-likeness (QED) is 0.406. The van der Waals surface area contributed by atoms with E-state index in [1.165, 1.54) is 0 Å². The molecule has 0 amide bonds. The van der Waals surface area contributed by atoms with Crippen LogP contribution in [-0.4, -0.2) is 19.9 Å². The summed E-state index contributed by atoms with van der Waals surface area (Å²) >= 11 is 5.76. The summed E-state index contributed by atoms with van der Waals surface area (Å²) < 4.78 is 0.690. The molecule has 0 radical (unpaired) electrons. The third kappa shape index (κ3) is 2.74. The molecule has 5 heteroatoms. The molecule has 0 unspecified atom stereocenters. The van der Waals surface area contributed by atoms with Crippen LogP contribution in [0.3, 0.4) is 0 Å². The van der Waals surface area contributed by atoms with Gasteiger partial charge < -0.3 is 0 Å². The first kappa shape index (κ1) is 14.5. The van der Waals surface area contributed by atoms with Crippen LogP contribution < -0.4 is 4.46 Å². The van der Waals surface area contributed by atoms with Gasteiger partial charge in [0.1, 0.15) is 0 Å². The molecule has 3 aromatic heterocycles. The molecule has 2 N–H and O–H groups in total. The fourth-order valence-corrected chi connectivity index (χ4v) is 3.22. The average Bonchev–Trinajstić information content (AvgIpc) is 3.36. The van der Waals surface area contributed by atoms with E-state index in [1.807, 2.05) is 66.8 Å². The van der Waals surface area contributed by atoms with E-state index in [9.17, 15) is 0 Å². The molecule has 0 saturated heterocycles. The van der Waals surface area contributed by atoms with Crippen molar-refractivity contribution >= 4 is 50.8 Å². The van der Waals surface area contributed by atoms with E-state index in [2.05, 4.69) is 19.9 Å². The minimum absolute atomic E-state index is 0.690. The summed E-state index contributed by atoms with van der Waals surface area (Å²) in [5.74, 6) is 0. The van der Waals surface area contributed by atoms with Crippen molar-refractivity contribution in [2.24, 2.45) is 0 Å². The van der Waals surface area contributed by atoms with Gasteiger partial charge in [-0.1, -0.05) is 0 Å². The first-order chi connectivity index (χ1) is 12.2. The first-order valence-corrected chi connectivity index (χ1v) is 8.39. The molecule has 0 saturated carbocycles. The molecular formula is C20H13CuN4. The third-order valence-corrected chi connectivity index (χ3v) is 4.61. The standard InChI is InChI=1S/C20H13N4.Cu/c1-2-14-10-16-5-6-18(23-16)12-20-8-7-19(24-20)11-17-4-3-15(22-17)9-13(1)21-14;/h1-11,21,24H;. The monoisotopic (exact) mass is 372 g/mol. The Labute approximate surface area is 152 Å². The van der Waals surface area contributed by atoms with Crippen LogP contribution in [0.5, 0.6) is 0 Å². The molecule has 0 aromatic carbocycles. The van der Waals surface area contributed by atoms with Crippen molar-refractivity contribution in [1.82, 2.24) is 19.9 Å². The number of aromatic nitrogens is 4. The van der Waals surface area contributed by atoms with Gasteiger partial charge in [0.15, 0.2) is 0 Å². The zero-order valence-electron chi connectivity index (χ0n) is 13.0. The summed E-state index contributed by atoms with van der Waals surface area (Å²) in [6, 6.07) is 14.1. The Morgan fingerprint density at radius 2 is 1.20 bits per heavy atom. The Hall–Kier alpha value is -2.88. The second-order valence-corrected chi connectivity index (χ2v) is 6.43. The Balaban J connectivity index is 1.88. The third-order valence-electron chi connectivity index (χ3n) is 4.12. The van der Waals surface area contributed by atoms with Gasteiger partial charge in [-0.15, -0.1) is 0 Å². The Kier molecular flexibility index (Phi) is 3.23. The Morgan fingerprint density at radius 3 is 1.92 bits per heavy atom. The van der Waals surface area contributed by atoms with Crippen LogP contribution in [0.2, 0.25) is 0 Å². The number of aromatic amines is 2. The minimum atomic E-state index is 0.690. The van der Waals surface area contributed by atoms with Crippen LogP contribution in [0.15, 0.2) is 42.5 Å². The average molecular weight is 373 g/mol. The number of fused-ring (bicyclic) bond motifs is 8. The van der Waals surface area contributed by atoms with Crippen LogP contribution in [0.4, 0.5) is 0 Å². The van der Waals surface area contributed by atoms with Gasteiger partial charge in [0.05, 0.1) is 0 Å². The maximum absolute atomic E-state index is 5.76. The van der Waals surface area contributed by atoms with Gasteiger partial charge in [0.2, 0.25) is 0 Å². The SMILES string of the molecule is [Cu][c]1c2nc(cc3ccc(cc4nc(cc5ccc1[nH]5)C=C4)[nH]3)C=C2. The topological polar surface area (TPSA) is 57.4 Å². The van der Waals surface area contributed by atoms with Crippen molar-refractivity contribution < 1.29 is 16.0 Å². The fraction of sp³-hybridized carbons (Fsp3) is 0. The molecule has 25 heavy (non-hydrogen) atoms. The van der Waals surface area contributed by atoms with E-state index in [0.717, 1.165) is 44.8 Å². The molecule has 5 rings (SSSR count). The zero-order valence-corrected chi connectivity index (χ0v) is 14.0. The normalized spacial score (nSPS) is 12.7. The number of H-pyrrole nitrogens is 2. The molecule has 3 aromatic rings. The van der Waals surface area contributed by atoms with Gasteiger partial charge in [-0.2, -0.15) is 0 Å². The Bertz CT molecular complexity index is 1210. The predicted octanol–water partition coefficient (Wildman–Crippen LogP) is 3.83. The van der Waals surface area contributed by atoms with Crippen molar-refractivity contribution in [2.75, 3.05) is 0 Å². The molecule has 0 aliphatic carbocycles. The van der Waals surface area contributed by atoms with Gasteiger partial charge in [-0.05, 0) is 0 Å². The van der Waals surface area contributed by atoms with Crippen LogP contribution in [-0.2, 0) is 16.0 Å². The number of hydrogen-bond acceptors (Lipinski definition) is 2. The molecule has 8 bridgehead atoms. The number of nitrogens with zero attached hydrogens (tertiary/aromatic N) is 2. The van der Waals surface area contributed by atoms with Crippen LogP contribution in [0.25, 0.3) is 46.4 Å². The second-order valence-electron chi connectivity index (χ2n) is 5.96. The van der Waals surface area contributed by atoms with Gasteiger partial charge in [-0.25, -0.2) is 0 Å². The maximum atomic E-state index is 5.76. The summed E-state index contributed by atoms with van der Waals surface area (Å²) in [4.78, 5) is 16.0. The van der Waals surface area contributed by atoms with Crippen LogP contribution >= 0.6 is 0 Å². The van der Waals surface area contributed by atoms with Gasteiger partial charge in [0, 0.05) is 0 Å². The van der Waals surface area contributed by atoms with Gasteiger partial charge >= 0.3 is 152 Å². The van der Waals surface area contributed by atoms with Crippen molar-refractivity contribution in [3.8, 4) is 0 Å². The van der Waals surface area contributed by atoms with Crippen LogP contribution in [0, 0.1) is 0 Å². The van der Waals surface area contributed by atoms with Crippen molar-refractivity contribution in [1.29, 1.82) is 0 Å². The molecule has 2 aliphatic rings. The Morgan fingerprint density at radius 1 is 0.640 bits per heavy atom. The molecule has 124 valence electrons. The number of rotatable bonds is 0. The predicted molar refractivity (Wildman–Crippen MR) is 98.5 cm³/mol.